The van der Waals surface area contributed by atoms with E-state index < -0.39 is 0 Å². The van der Waals surface area contributed by atoms with E-state index in [1.807, 2.05) is 35.0 Å². The Morgan fingerprint density at radius 2 is 1.72 bits per heavy atom. The van der Waals surface area contributed by atoms with Crippen LogP contribution in [-0.2, 0) is 0 Å². The average Bonchev–Trinajstić information content (AvgIpc) is 3.06. The van der Waals surface area contributed by atoms with Crippen LogP contribution in [0.25, 0.3) is 28.0 Å². The molecule has 0 aliphatic heterocycles. The number of phenols is 2. The number of pyridine rings is 1. The second kappa shape index (κ2) is 5.69. The van der Waals surface area contributed by atoms with Gasteiger partial charge in [0.2, 0.25) is 0 Å². The van der Waals surface area contributed by atoms with Crippen molar-refractivity contribution in [2.24, 2.45) is 0 Å². The second-order valence-corrected chi connectivity index (χ2v) is 5.67. The number of nitriles is 1. The first-order valence-corrected chi connectivity index (χ1v) is 7.66. The zero-order chi connectivity index (χ0) is 17.4. The van der Waals surface area contributed by atoms with Crippen LogP contribution in [0.15, 0.2) is 67.0 Å². The van der Waals surface area contributed by atoms with Crippen molar-refractivity contribution in [3.05, 3.63) is 72.6 Å². The third kappa shape index (κ3) is 2.56. The van der Waals surface area contributed by atoms with E-state index in [9.17, 15) is 10.2 Å². The predicted octanol–water partition coefficient (Wildman–Crippen LogP) is 3.95. The van der Waals surface area contributed by atoms with Crippen LogP contribution < -0.4 is 0 Å². The number of hydrogen-bond donors (Lipinski definition) is 2. The molecule has 2 aromatic carbocycles. The summed E-state index contributed by atoms with van der Waals surface area (Å²) >= 11 is 0. The number of imidazole rings is 1. The van der Waals surface area contributed by atoms with Gasteiger partial charge in [0, 0.05) is 23.5 Å². The Hall–Kier alpha value is -3.78. The summed E-state index contributed by atoms with van der Waals surface area (Å²) in [7, 11) is 0. The largest absolute Gasteiger partial charge is 0.507 e. The summed E-state index contributed by atoms with van der Waals surface area (Å²) in [4.78, 5) is 4.52. The smallest absolute Gasteiger partial charge is 0.137 e. The molecule has 0 unspecified atom stereocenters. The van der Waals surface area contributed by atoms with Gasteiger partial charge in [0.15, 0.2) is 0 Å². The van der Waals surface area contributed by atoms with Crippen LogP contribution in [0.2, 0.25) is 0 Å². The van der Waals surface area contributed by atoms with Crippen LogP contribution in [0.1, 0.15) is 5.56 Å². The maximum atomic E-state index is 10.3. The van der Waals surface area contributed by atoms with Gasteiger partial charge in [0.05, 0.1) is 17.3 Å². The van der Waals surface area contributed by atoms with Crippen molar-refractivity contribution in [2.75, 3.05) is 0 Å². The standard InChI is InChI=1S/C20H13N3O2/c21-11-13-4-6-18(24)15(9-13)14-5-7-19(25)16(10-14)17-12-23-8-2-1-3-20(23)22-17/h1-10,12,24-25H. The fraction of sp³-hybridized carbons (Fsp3) is 0. The minimum atomic E-state index is 0.0747. The Balaban J connectivity index is 1.88. The first kappa shape index (κ1) is 14.8. The SMILES string of the molecule is N#Cc1ccc(O)c(-c2ccc(O)c(-c3cn4ccccc4n3)c2)c1. The van der Waals surface area contributed by atoms with Crippen molar-refractivity contribution in [3.63, 3.8) is 0 Å². The monoisotopic (exact) mass is 327 g/mol. The molecule has 0 spiro atoms. The van der Waals surface area contributed by atoms with Crippen molar-refractivity contribution in [1.29, 1.82) is 5.26 Å². The predicted molar refractivity (Wildman–Crippen MR) is 94.1 cm³/mol. The van der Waals surface area contributed by atoms with Gasteiger partial charge in [-0.15, -0.1) is 0 Å². The molecule has 0 amide bonds. The van der Waals surface area contributed by atoms with Gasteiger partial charge in [0.1, 0.15) is 17.1 Å². The number of phenolic OH excluding ortho intramolecular Hbond substituents is 2. The van der Waals surface area contributed by atoms with E-state index in [-0.39, 0.29) is 11.5 Å². The van der Waals surface area contributed by atoms with E-state index in [1.165, 1.54) is 6.07 Å². The molecule has 4 aromatic rings. The van der Waals surface area contributed by atoms with Crippen LogP contribution in [0.5, 0.6) is 11.5 Å². The highest BCUT2D eigenvalue weighted by Crippen LogP contribution is 2.36. The molecule has 0 saturated heterocycles. The molecule has 120 valence electrons. The lowest BCUT2D eigenvalue weighted by Gasteiger charge is -2.08. The molecule has 25 heavy (non-hydrogen) atoms. The number of rotatable bonds is 2. The lowest BCUT2D eigenvalue weighted by molar-refractivity contribution is 0.475. The molecular weight excluding hydrogens is 314 g/mol. The summed E-state index contributed by atoms with van der Waals surface area (Å²) in [5.41, 5.74) is 3.64. The Morgan fingerprint density at radius 1 is 0.920 bits per heavy atom. The lowest BCUT2D eigenvalue weighted by atomic mass is 9.99. The molecule has 4 rings (SSSR count). The van der Waals surface area contributed by atoms with Gasteiger partial charge < -0.3 is 14.6 Å². The van der Waals surface area contributed by atoms with Crippen LogP contribution in [0.4, 0.5) is 0 Å². The number of nitrogens with zero attached hydrogens (tertiary/aromatic N) is 3. The van der Waals surface area contributed by atoms with Crippen molar-refractivity contribution in [3.8, 4) is 40.0 Å². The van der Waals surface area contributed by atoms with Gasteiger partial charge >= 0.3 is 0 Å². The van der Waals surface area contributed by atoms with E-state index in [4.69, 9.17) is 5.26 Å². The topological polar surface area (TPSA) is 81.5 Å². The van der Waals surface area contributed by atoms with E-state index >= 15 is 0 Å². The fourth-order valence-corrected chi connectivity index (χ4v) is 2.81. The molecule has 0 aliphatic rings. The number of hydrogen-bond acceptors (Lipinski definition) is 4. The molecule has 0 radical (unpaired) electrons. The minimum absolute atomic E-state index is 0.0747. The number of aromatic nitrogens is 2. The van der Waals surface area contributed by atoms with Gasteiger partial charge in [-0.05, 0) is 48.0 Å². The highest BCUT2D eigenvalue weighted by molar-refractivity contribution is 5.79. The van der Waals surface area contributed by atoms with Gasteiger partial charge in [-0.3, -0.25) is 0 Å². The second-order valence-electron chi connectivity index (χ2n) is 5.67. The Labute approximate surface area is 143 Å². The average molecular weight is 327 g/mol. The summed E-state index contributed by atoms with van der Waals surface area (Å²) in [6, 6.07) is 17.4. The molecule has 5 heteroatoms. The molecule has 2 heterocycles. The molecule has 0 aliphatic carbocycles. The molecule has 0 bridgehead atoms. The highest BCUT2D eigenvalue weighted by atomic mass is 16.3. The maximum absolute atomic E-state index is 10.3. The Morgan fingerprint density at radius 3 is 2.52 bits per heavy atom. The summed E-state index contributed by atoms with van der Waals surface area (Å²) in [6.07, 6.45) is 3.72. The van der Waals surface area contributed by atoms with Gasteiger partial charge in [-0.1, -0.05) is 12.1 Å². The number of benzene rings is 2. The van der Waals surface area contributed by atoms with Crippen molar-refractivity contribution >= 4 is 5.65 Å². The van der Waals surface area contributed by atoms with E-state index in [1.54, 1.807) is 30.3 Å². The zero-order valence-corrected chi connectivity index (χ0v) is 13.1. The summed E-state index contributed by atoms with van der Waals surface area (Å²) in [5.74, 6) is 0.175. The first-order valence-electron chi connectivity index (χ1n) is 7.66. The summed E-state index contributed by atoms with van der Waals surface area (Å²) < 4.78 is 1.87. The van der Waals surface area contributed by atoms with E-state index in [2.05, 4.69) is 11.1 Å². The quantitative estimate of drug-likeness (QED) is 0.584. The van der Waals surface area contributed by atoms with Crippen molar-refractivity contribution in [1.82, 2.24) is 9.38 Å². The van der Waals surface area contributed by atoms with Gasteiger partial charge in [-0.2, -0.15) is 5.26 Å². The van der Waals surface area contributed by atoms with Crippen LogP contribution >= 0.6 is 0 Å². The van der Waals surface area contributed by atoms with Crippen LogP contribution in [0, 0.1) is 11.3 Å². The number of fused-ring (bicyclic) bond motifs is 1. The zero-order valence-electron chi connectivity index (χ0n) is 13.1. The third-order valence-corrected chi connectivity index (χ3v) is 4.07. The molecule has 5 nitrogen and oxygen atoms in total. The van der Waals surface area contributed by atoms with Crippen LogP contribution in [-0.4, -0.2) is 19.6 Å². The third-order valence-electron chi connectivity index (χ3n) is 4.07. The van der Waals surface area contributed by atoms with E-state index in [0.717, 1.165) is 5.65 Å². The first-order chi connectivity index (χ1) is 12.2. The number of aromatic hydroxyl groups is 2. The normalized spacial score (nSPS) is 10.7. The molecule has 2 aromatic heterocycles. The molecule has 2 N–H and O–H groups in total. The van der Waals surface area contributed by atoms with Crippen molar-refractivity contribution < 1.29 is 10.2 Å². The minimum Gasteiger partial charge on any atom is -0.507 e. The fourth-order valence-electron chi connectivity index (χ4n) is 2.81. The van der Waals surface area contributed by atoms with Gasteiger partial charge in [0.25, 0.3) is 0 Å². The highest BCUT2D eigenvalue weighted by Gasteiger charge is 2.13. The molecule has 0 fully saturated rings. The lowest BCUT2D eigenvalue weighted by Crippen LogP contribution is -1.85. The van der Waals surface area contributed by atoms with Crippen molar-refractivity contribution in [2.45, 2.75) is 0 Å². The van der Waals surface area contributed by atoms with E-state index in [0.29, 0.717) is 27.9 Å². The van der Waals surface area contributed by atoms with Crippen LogP contribution in [0.3, 0.4) is 0 Å². The molecular formula is C20H13N3O2. The maximum Gasteiger partial charge on any atom is 0.137 e. The molecule has 0 saturated carbocycles. The summed E-state index contributed by atoms with van der Waals surface area (Å²) in [5, 5.41) is 29.5. The van der Waals surface area contributed by atoms with Gasteiger partial charge in [-0.25, -0.2) is 4.98 Å². The molecule has 0 atom stereocenters. The Kier molecular flexibility index (Phi) is 3.37. The Bertz CT molecular complexity index is 1110. The summed E-state index contributed by atoms with van der Waals surface area (Å²) in [6.45, 7) is 0.